The molecule has 6 heteroatoms. The first-order valence-corrected chi connectivity index (χ1v) is 7.38. The van der Waals surface area contributed by atoms with Crippen LogP contribution in [0.3, 0.4) is 0 Å². The maximum absolute atomic E-state index is 12.5. The molecule has 118 valence electrons. The summed E-state index contributed by atoms with van der Waals surface area (Å²) in [5.41, 5.74) is 3.58. The van der Waals surface area contributed by atoms with Crippen LogP contribution in [0.1, 0.15) is 21.6 Å². The molecule has 24 heavy (non-hydrogen) atoms. The quantitative estimate of drug-likeness (QED) is 0.801. The molecule has 1 amide bonds. The molecule has 0 aliphatic carbocycles. The van der Waals surface area contributed by atoms with Gasteiger partial charge in [0, 0.05) is 25.4 Å². The Labute approximate surface area is 139 Å². The van der Waals surface area contributed by atoms with Crippen molar-refractivity contribution in [2.24, 2.45) is 0 Å². The molecular weight excluding hydrogens is 302 g/mol. The third-order valence-electron chi connectivity index (χ3n) is 3.66. The molecule has 0 unspecified atom stereocenters. The summed E-state index contributed by atoms with van der Waals surface area (Å²) in [7, 11) is 1.72. The fraction of sp³-hybridized carbons (Fsp3) is 0.111. The summed E-state index contributed by atoms with van der Waals surface area (Å²) in [6.07, 6.45) is 3.15. The summed E-state index contributed by atoms with van der Waals surface area (Å²) < 4.78 is 0. The summed E-state index contributed by atoms with van der Waals surface area (Å²) >= 11 is 0. The Morgan fingerprint density at radius 3 is 2.67 bits per heavy atom. The van der Waals surface area contributed by atoms with Crippen LogP contribution in [0.5, 0.6) is 0 Å². The van der Waals surface area contributed by atoms with E-state index in [2.05, 4.69) is 15.2 Å². The number of hydrogen-bond acceptors (Lipinski definition) is 4. The molecule has 0 fully saturated rings. The maximum atomic E-state index is 12.5. The highest BCUT2D eigenvalue weighted by molar-refractivity contribution is 5.93. The summed E-state index contributed by atoms with van der Waals surface area (Å²) in [5, 5.41) is 15.8. The minimum atomic E-state index is -0.160. The molecule has 1 N–H and O–H groups in total. The molecule has 0 bridgehead atoms. The highest BCUT2D eigenvalue weighted by Crippen LogP contribution is 2.22. The first kappa shape index (κ1) is 15.4. The number of H-pyrrole nitrogens is 1. The van der Waals surface area contributed by atoms with Gasteiger partial charge in [0.2, 0.25) is 0 Å². The van der Waals surface area contributed by atoms with E-state index in [9.17, 15) is 4.79 Å². The Kier molecular flexibility index (Phi) is 4.34. The van der Waals surface area contributed by atoms with Crippen LogP contribution in [0, 0.1) is 11.3 Å². The summed E-state index contributed by atoms with van der Waals surface area (Å²) in [6, 6.07) is 14.9. The van der Waals surface area contributed by atoms with Gasteiger partial charge in [-0.25, -0.2) is 4.98 Å². The molecule has 2 heterocycles. The molecule has 0 atom stereocenters. The van der Waals surface area contributed by atoms with Gasteiger partial charge in [0.05, 0.1) is 17.5 Å². The SMILES string of the molecule is CN(Cc1cn[nH]c1-c1ccccc1)C(=O)c1ccc(C#N)nc1. The minimum Gasteiger partial charge on any atom is -0.337 e. The lowest BCUT2D eigenvalue weighted by molar-refractivity contribution is 0.0785. The lowest BCUT2D eigenvalue weighted by Crippen LogP contribution is -2.26. The number of hydrogen-bond donors (Lipinski definition) is 1. The van der Waals surface area contributed by atoms with E-state index >= 15 is 0 Å². The van der Waals surface area contributed by atoms with Crippen LogP contribution >= 0.6 is 0 Å². The van der Waals surface area contributed by atoms with Crippen molar-refractivity contribution in [1.82, 2.24) is 20.1 Å². The third-order valence-corrected chi connectivity index (χ3v) is 3.66. The van der Waals surface area contributed by atoms with E-state index in [-0.39, 0.29) is 11.6 Å². The van der Waals surface area contributed by atoms with E-state index in [4.69, 9.17) is 5.26 Å². The van der Waals surface area contributed by atoms with Crippen molar-refractivity contribution in [2.45, 2.75) is 6.54 Å². The Bertz CT molecular complexity index is 878. The first-order chi connectivity index (χ1) is 11.7. The second kappa shape index (κ2) is 6.75. The lowest BCUT2D eigenvalue weighted by Gasteiger charge is -2.17. The zero-order chi connectivity index (χ0) is 16.9. The standard InChI is InChI=1S/C18H15N5O/c1-23(18(24)14-7-8-16(9-19)20-10-14)12-15-11-21-22-17(15)13-5-3-2-4-6-13/h2-8,10-11H,12H2,1H3,(H,21,22). The molecule has 1 aromatic carbocycles. The van der Waals surface area contributed by atoms with Gasteiger partial charge in [0.1, 0.15) is 11.8 Å². The molecule has 0 saturated heterocycles. The van der Waals surface area contributed by atoms with E-state index < -0.39 is 0 Å². The number of aromatic amines is 1. The van der Waals surface area contributed by atoms with Crippen LogP contribution in [0.4, 0.5) is 0 Å². The second-order valence-corrected chi connectivity index (χ2v) is 5.34. The average molecular weight is 317 g/mol. The number of amides is 1. The second-order valence-electron chi connectivity index (χ2n) is 5.34. The van der Waals surface area contributed by atoms with Crippen molar-refractivity contribution in [3.8, 4) is 17.3 Å². The monoisotopic (exact) mass is 317 g/mol. The Hall–Kier alpha value is -3.46. The maximum Gasteiger partial charge on any atom is 0.255 e. The number of pyridine rings is 1. The fourth-order valence-electron chi connectivity index (χ4n) is 2.42. The van der Waals surface area contributed by atoms with Crippen molar-refractivity contribution < 1.29 is 4.79 Å². The number of nitrogens with one attached hydrogen (secondary N) is 1. The molecule has 0 spiro atoms. The summed E-state index contributed by atoms with van der Waals surface area (Å²) in [5.74, 6) is -0.160. The van der Waals surface area contributed by atoms with Gasteiger partial charge >= 0.3 is 0 Å². The van der Waals surface area contributed by atoms with Crippen molar-refractivity contribution >= 4 is 5.91 Å². The van der Waals surface area contributed by atoms with Crippen molar-refractivity contribution in [1.29, 1.82) is 5.26 Å². The van der Waals surface area contributed by atoms with Crippen LogP contribution in [-0.2, 0) is 6.54 Å². The van der Waals surface area contributed by atoms with E-state index in [0.29, 0.717) is 12.1 Å². The number of benzene rings is 1. The number of rotatable bonds is 4. The Morgan fingerprint density at radius 2 is 2.00 bits per heavy atom. The van der Waals surface area contributed by atoms with Gasteiger partial charge < -0.3 is 4.90 Å². The van der Waals surface area contributed by atoms with Crippen molar-refractivity contribution in [3.63, 3.8) is 0 Å². The topological polar surface area (TPSA) is 85.7 Å². The minimum absolute atomic E-state index is 0.160. The highest BCUT2D eigenvalue weighted by Gasteiger charge is 2.16. The molecule has 6 nitrogen and oxygen atoms in total. The van der Waals surface area contributed by atoms with E-state index in [1.54, 1.807) is 24.2 Å². The molecule has 3 rings (SSSR count). The zero-order valence-electron chi connectivity index (χ0n) is 13.1. The van der Waals surface area contributed by atoms with Gasteiger partial charge in [-0.1, -0.05) is 30.3 Å². The average Bonchev–Trinajstić information content (AvgIpc) is 3.10. The van der Waals surface area contributed by atoms with Crippen LogP contribution in [0.25, 0.3) is 11.3 Å². The van der Waals surface area contributed by atoms with Crippen LogP contribution in [0.2, 0.25) is 0 Å². The van der Waals surface area contributed by atoms with Crippen LogP contribution < -0.4 is 0 Å². The van der Waals surface area contributed by atoms with E-state index in [1.807, 2.05) is 36.4 Å². The van der Waals surface area contributed by atoms with Gasteiger partial charge in [-0.2, -0.15) is 10.4 Å². The van der Waals surface area contributed by atoms with Crippen molar-refractivity contribution in [2.75, 3.05) is 7.05 Å². The Morgan fingerprint density at radius 1 is 1.21 bits per heavy atom. The zero-order valence-corrected chi connectivity index (χ0v) is 13.1. The van der Waals surface area contributed by atoms with E-state index in [1.165, 1.54) is 12.3 Å². The molecule has 3 aromatic rings. The number of nitriles is 1. The predicted octanol–water partition coefficient (Wildman–Crippen LogP) is 2.62. The smallest absolute Gasteiger partial charge is 0.255 e. The normalized spacial score (nSPS) is 10.2. The summed E-state index contributed by atoms with van der Waals surface area (Å²) in [6.45, 7) is 0.416. The van der Waals surface area contributed by atoms with Crippen LogP contribution in [-0.4, -0.2) is 33.0 Å². The van der Waals surface area contributed by atoms with Gasteiger partial charge in [0.25, 0.3) is 5.91 Å². The number of nitrogens with zero attached hydrogens (tertiary/aromatic N) is 4. The first-order valence-electron chi connectivity index (χ1n) is 7.38. The van der Waals surface area contributed by atoms with Gasteiger partial charge in [-0.05, 0) is 17.7 Å². The predicted molar refractivity (Wildman–Crippen MR) is 88.8 cm³/mol. The molecule has 0 aliphatic rings. The van der Waals surface area contributed by atoms with Crippen molar-refractivity contribution in [3.05, 3.63) is 71.7 Å². The highest BCUT2D eigenvalue weighted by atomic mass is 16.2. The van der Waals surface area contributed by atoms with E-state index in [0.717, 1.165) is 16.8 Å². The third kappa shape index (κ3) is 3.15. The lowest BCUT2D eigenvalue weighted by atomic mass is 10.1. The molecule has 0 saturated carbocycles. The number of carbonyl (C=O) groups excluding carboxylic acids is 1. The fourth-order valence-corrected chi connectivity index (χ4v) is 2.42. The molecule has 0 radical (unpaired) electrons. The molecule has 0 aliphatic heterocycles. The summed E-state index contributed by atoms with van der Waals surface area (Å²) in [4.78, 5) is 18.0. The Balaban J connectivity index is 1.78. The number of carbonyl (C=O) groups is 1. The van der Waals surface area contributed by atoms with Gasteiger partial charge in [0.15, 0.2) is 0 Å². The molecule has 2 aromatic heterocycles. The number of aromatic nitrogens is 3. The molecular formula is C18H15N5O. The van der Waals surface area contributed by atoms with Crippen LogP contribution in [0.15, 0.2) is 54.9 Å². The van der Waals surface area contributed by atoms with Gasteiger partial charge in [-0.15, -0.1) is 0 Å². The largest absolute Gasteiger partial charge is 0.337 e. The van der Waals surface area contributed by atoms with Gasteiger partial charge in [-0.3, -0.25) is 9.89 Å².